The lowest BCUT2D eigenvalue weighted by atomic mass is 9.93. The monoisotopic (exact) mass is 707 g/mol. The first-order valence-corrected chi connectivity index (χ1v) is 19.2. The van der Waals surface area contributed by atoms with Gasteiger partial charge in [-0.25, -0.2) is 13.4 Å². The molecule has 4 aliphatic rings. The zero-order valence-electron chi connectivity index (χ0n) is 29.1. The highest BCUT2D eigenvalue weighted by Gasteiger charge is 2.62. The van der Waals surface area contributed by atoms with E-state index >= 15 is 0 Å². The third-order valence-corrected chi connectivity index (χ3v) is 12.4. The number of allylic oxidation sites excluding steroid dienone is 1. The fraction of sp³-hybridized carbons (Fsp3) is 0.583. The maximum Gasteiger partial charge on any atom is 0.259 e. The molecule has 2 N–H and O–H groups in total. The van der Waals surface area contributed by atoms with Crippen molar-refractivity contribution in [1.82, 2.24) is 29.8 Å². The first-order chi connectivity index (χ1) is 24.0. The largest absolute Gasteiger partial charge is 0.474 e. The lowest BCUT2D eigenvalue weighted by Crippen LogP contribution is -2.54. The van der Waals surface area contributed by atoms with Crippen molar-refractivity contribution in [3.8, 4) is 5.88 Å². The zero-order valence-corrected chi connectivity index (χ0v) is 29.9. The number of hydrogen-bond acceptors (Lipinski definition) is 10. The SMILES string of the molecule is C=CCCCCN(C)C(=O)[C@@H]1C[C@H](Oc2nc(N3CCN(C)CC3)nc3ccccc23)C[C@H]1C(=O)N[C@]1(C(=O)NS(=O)(=O)C2CC2)C[C@H]1C=C. The molecule has 5 atom stereocenters. The second-order valence-corrected chi connectivity index (χ2v) is 16.2. The Bertz CT molecular complexity index is 1740. The van der Waals surface area contributed by atoms with Crippen molar-refractivity contribution in [2.24, 2.45) is 17.8 Å². The van der Waals surface area contributed by atoms with Crippen LogP contribution in [0.15, 0.2) is 49.6 Å². The maximum absolute atomic E-state index is 14.2. The predicted molar refractivity (Wildman–Crippen MR) is 191 cm³/mol. The first kappa shape index (κ1) is 35.8. The number of anilines is 1. The molecule has 14 heteroatoms. The summed E-state index contributed by atoms with van der Waals surface area (Å²) in [5.41, 5.74) is -0.701. The second kappa shape index (κ2) is 14.7. The maximum atomic E-state index is 14.2. The number of carbonyl (C=O) groups is 3. The van der Waals surface area contributed by atoms with Gasteiger partial charge in [-0.15, -0.1) is 13.2 Å². The van der Waals surface area contributed by atoms with Crippen molar-refractivity contribution in [2.45, 2.75) is 68.3 Å². The number of piperazine rings is 1. The highest BCUT2D eigenvalue weighted by molar-refractivity contribution is 7.91. The van der Waals surface area contributed by atoms with Crippen molar-refractivity contribution in [3.05, 3.63) is 49.6 Å². The van der Waals surface area contributed by atoms with Crippen LogP contribution in [-0.4, -0.2) is 110 Å². The fourth-order valence-electron chi connectivity index (χ4n) is 7.14. The second-order valence-electron chi connectivity index (χ2n) is 14.3. The molecule has 4 fully saturated rings. The summed E-state index contributed by atoms with van der Waals surface area (Å²) in [4.78, 5) is 57.3. The van der Waals surface area contributed by atoms with Crippen molar-refractivity contribution in [1.29, 1.82) is 0 Å². The Morgan fingerprint density at radius 2 is 1.78 bits per heavy atom. The Morgan fingerprint density at radius 1 is 1.06 bits per heavy atom. The van der Waals surface area contributed by atoms with E-state index in [0.29, 0.717) is 31.2 Å². The topological polar surface area (TPSA) is 154 Å². The van der Waals surface area contributed by atoms with Gasteiger partial charge in [-0.05, 0) is 70.5 Å². The number of likely N-dealkylation sites (N-methyl/N-ethyl adjacent to an activating group) is 1. The molecule has 3 amide bonds. The summed E-state index contributed by atoms with van der Waals surface area (Å²) in [5.74, 6) is -2.42. The number of fused-ring (bicyclic) bond motifs is 1. The number of sulfonamides is 1. The molecule has 0 unspecified atom stereocenters. The Labute approximate surface area is 294 Å². The zero-order chi connectivity index (χ0) is 35.6. The molecule has 3 saturated carbocycles. The number of amides is 3. The average molecular weight is 708 g/mol. The number of ether oxygens (including phenoxy) is 1. The van der Waals surface area contributed by atoms with Gasteiger partial charge in [0, 0.05) is 45.7 Å². The van der Waals surface area contributed by atoms with Gasteiger partial charge in [0.05, 0.1) is 28.0 Å². The van der Waals surface area contributed by atoms with E-state index in [-0.39, 0.29) is 25.2 Å². The van der Waals surface area contributed by atoms with Gasteiger partial charge >= 0.3 is 0 Å². The molecule has 13 nitrogen and oxygen atoms in total. The Balaban J connectivity index is 1.24. The summed E-state index contributed by atoms with van der Waals surface area (Å²) in [6, 6.07) is 7.63. The van der Waals surface area contributed by atoms with E-state index in [4.69, 9.17) is 14.7 Å². The van der Waals surface area contributed by atoms with E-state index in [1.165, 1.54) is 0 Å². The molecular weight excluding hydrogens is 659 g/mol. The number of aromatic nitrogens is 2. The third kappa shape index (κ3) is 7.65. The molecule has 2 aromatic rings. The van der Waals surface area contributed by atoms with Crippen LogP contribution in [0.3, 0.4) is 0 Å². The molecule has 3 aliphatic carbocycles. The van der Waals surface area contributed by atoms with Gasteiger partial charge in [0.1, 0.15) is 11.6 Å². The number of para-hydroxylation sites is 1. The van der Waals surface area contributed by atoms with Crippen molar-refractivity contribution < 1.29 is 27.5 Å². The van der Waals surface area contributed by atoms with Crippen LogP contribution in [0, 0.1) is 17.8 Å². The van der Waals surface area contributed by atoms with Gasteiger partial charge in [0.25, 0.3) is 5.91 Å². The molecule has 6 rings (SSSR count). The van der Waals surface area contributed by atoms with Crippen molar-refractivity contribution in [3.63, 3.8) is 0 Å². The Morgan fingerprint density at radius 3 is 2.46 bits per heavy atom. The summed E-state index contributed by atoms with van der Waals surface area (Å²) < 4.78 is 34.1. The molecule has 1 aromatic carbocycles. The van der Waals surface area contributed by atoms with E-state index in [2.05, 4.69) is 40.0 Å². The van der Waals surface area contributed by atoms with Crippen LogP contribution < -0.4 is 19.7 Å². The number of hydrogen-bond donors (Lipinski definition) is 2. The fourth-order valence-corrected chi connectivity index (χ4v) is 8.50. The smallest absolute Gasteiger partial charge is 0.259 e. The number of unbranched alkanes of at least 4 members (excludes halogenated alkanes) is 2. The minimum atomic E-state index is -3.83. The van der Waals surface area contributed by atoms with Crippen LogP contribution in [0.25, 0.3) is 10.9 Å². The molecule has 2 heterocycles. The molecule has 1 aromatic heterocycles. The van der Waals surface area contributed by atoms with Gasteiger partial charge in [-0.3, -0.25) is 19.1 Å². The van der Waals surface area contributed by atoms with Crippen molar-refractivity contribution >= 4 is 44.6 Å². The van der Waals surface area contributed by atoms with E-state index in [1.54, 1.807) is 18.0 Å². The van der Waals surface area contributed by atoms with Gasteiger partial charge in [-0.1, -0.05) is 24.3 Å². The number of carbonyl (C=O) groups excluding carboxylic acids is 3. The van der Waals surface area contributed by atoms with Crippen LogP contribution >= 0.6 is 0 Å². The quantitative estimate of drug-likeness (QED) is 0.209. The van der Waals surface area contributed by atoms with Crippen molar-refractivity contribution in [2.75, 3.05) is 51.7 Å². The van der Waals surface area contributed by atoms with E-state index < -0.39 is 56.5 Å². The number of nitrogens with one attached hydrogen (secondary N) is 2. The lowest BCUT2D eigenvalue weighted by Gasteiger charge is -2.32. The first-order valence-electron chi connectivity index (χ1n) is 17.7. The number of benzene rings is 1. The molecule has 50 heavy (non-hydrogen) atoms. The molecule has 270 valence electrons. The Kier molecular flexibility index (Phi) is 10.5. The van der Waals surface area contributed by atoms with Crippen LogP contribution in [0.4, 0.5) is 5.95 Å². The average Bonchev–Trinajstić information content (AvgIpc) is 4.03. The minimum absolute atomic E-state index is 0.175. The summed E-state index contributed by atoms with van der Waals surface area (Å²) >= 11 is 0. The number of nitrogens with zero attached hydrogens (tertiary/aromatic N) is 5. The van der Waals surface area contributed by atoms with E-state index in [0.717, 1.165) is 56.3 Å². The minimum Gasteiger partial charge on any atom is -0.474 e. The summed E-state index contributed by atoms with van der Waals surface area (Å²) in [7, 11) is -0.00373. The van der Waals surface area contributed by atoms with E-state index in [9.17, 15) is 22.8 Å². The summed E-state index contributed by atoms with van der Waals surface area (Å²) in [5, 5.41) is 3.03. The molecular formula is C36H49N7O6S. The summed E-state index contributed by atoms with van der Waals surface area (Å²) in [6.07, 6.45) is 7.13. The number of rotatable bonds is 15. The molecule has 0 bridgehead atoms. The normalized spacial score (nSPS) is 26.6. The molecule has 1 aliphatic heterocycles. The van der Waals surface area contributed by atoms with Gasteiger partial charge in [0.2, 0.25) is 33.7 Å². The van der Waals surface area contributed by atoms with E-state index in [1.807, 2.05) is 30.3 Å². The lowest BCUT2D eigenvalue weighted by molar-refractivity contribution is -0.140. The third-order valence-electron chi connectivity index (χ3n) is 10.6. The Hall–Kier alpha value is -4.04. The van der Waals surface area contributed by atoms with Gasteiger partial charge in [-0.2, -0.15) is 4.98 Å². The highest BCUT2D eigenvalue weighted by atomic mass is 32.2. The van der Waals surface area contributed by atoms with Crippen LogP contribution in [0.1, 0.15) is 51.4 Å². The molecule has 0 spiro atoms. The molecule has 0 radical (unpaired) electrons. The predicted octanol–water partition coefficient (Wildman–Crippen LogP) is 2.64. The highest BCUT2D eigenvalue weighted by Crippen LogP contribution is 2.46. The summed E-state index contributed by atoms with van der Waals surface area (Å²) in [6.45, 7) is 11.4. The van der Waals surface area contributed by atoms with Gasteiger partial charge in [0.15, 0.2) is 0 Å². The van der Waals surface area contributed by atoms with Crippen LogP contribution in [-0.2, 0) is 24.4 Å². The van der Waals surface area contributed by atoms with Crippen LogP contribution in [0.2, 0.25) is 0 Å². The van der Waals surface area contributed by atoms with Gasteiger partial charge < -0.3 is 24.8 Å². The molecule has 1 saturated heterocycles. The standard InChI is InChI=1S/C36H49N7O6S/c1-5-7-8-11-16-42(4)33(45)29-22-25(49-32-27-12-9-10-13-30(27)37-35(38-32)43-19-17-41(3)18-20-43)21-28(29)31(44)39-36(23-24(36)6-2)34(46)40-50(47,48)26-14-15-26/h5-6,9-10,12-13,24-26,28-29H,1-2,7-8,11,14-23H2,3-4H3,(H,39,44)(H,40,46)/t24-,25-,28-,29-,36-/m1/s1. The van der Waals surface area contributed by atoms with Crippen LogP contribution in [0.5, 0.6) is 5.88 Å².